The van der Waals surface area contributed by atoms with Crippen LogP contribution in [0.5, 0.6) is 0 Å². The lowest BCUT2D eigenvalue weighted by molar-refractivity contribution is -0.129. The quantitative estimate of drug-likeness (QED) is 0.209. The molecule has 1 unspecified atom stereocenters. The fourth-order valence-corrected chi connectivity index (χ4v) is 9.64. The van der Waals surface area contributed by atoms with E-state index in [1.807, 2.05) is 35.2 Å². The van der Waals surface area contributed by atoms with E-state index in [2.05, 4.69) is 55.1 Å². The molecule has 4 N–H and O–H groups in total. The topological polar surface area (TPSA) is 162 Å². The van der Waals surface area contributed by atoms with Gasteiger partial charge in [0, 0.05) is 99.4 Å². The number of nitrogens with two attached hydrogens (primary N) is 1. The first kappa shape index (κ1) is 37.8. The number of aromatic nitrogens is 3. The Morgan fingerprint density at radius 1 is 0.897 bits per heavy atom. The van der Waals surface area contributed by atoms with Crippen LogP contribution in [0.2, 0.25) is 0 Å². The summed E-state index contributed by atoms with van der Waals surface area (Å²) in [6.07, 6.45) is 10.3. The third-order valence-corrected chi connectivity index (χ3v) is 12.9. The van der Waals surface area contributed by atoms with Gasteiger partial charge >= 0.3 is 0 Å². The highest BCUT2D eigenvalue weighted by molar-refractivity contribution is 5.96. The third kappa shape index (κ3) is 7.64. The number of allylic oxidation sites excluding steroid dienone is 1. The molecule has 5 aliphatic rings. The second-order valence-electron chi connectivity index (χ2n) is 16.8. The Morgan fingerprint density at radius 2 is 1.71 bits per heavy atom. The Hall–Kier alpha value is -5.76. The maximum atomic E-state index is 13.4. The van der Waals surface area contributed by atoms with Crippen LogP contribution in [0.15, 0.2) is 78.0 Å². The number of pyridine rings is 1. The van der Waals surface area contributed by atoms with E-state index in [1.54, 1.807) is 17.0 Å². The summed E-state index contributed by atoms with van der Waals surface area (Å²) < 4.78 is 1.56. The van der Waals surface area contributed by atoms with Gasteiger partial charge in [-0.05, 0) is 98.2 Å². The number of likely N-dealkylation sites (tertiary alicyclic amines) is 2. The van der Waals surface area contributed by atoms with Gasteiger partial charge in [0.1, 0.15) is 11.9 Å². The van der Waals surface area contributed by atoms with Crippen molar-refractivity contribution in [3.05, 3.63) is 94.8 Å². The number of hydrogen-bond acceptors (Lipinski definition) is 10. The lowest BCUT2D eigenvalue weighted by Gasteiger charge is -2.43. The smallest absolute Gasteiger partial charge is 0.271 e. The molecule has 5 aliphatic heterocycles. The number of benzene rings is 2. The zero-order valence-electron chi connectivity index (χ0n) is 32.9. The van der Waals surface area contributed by atoms with Gasteiger partial charge in [-0.25, -0.2) is 9.97 Å². The van der Waals surface area contributed by atoms with Crippen molar-refractivity contribution in [2.24, 2.45) is 11.7 Å². The van der Waals surface area contributed by atoms with E-state index in [0.717, 1.165) is 94.7 Å². The molecule has 5 saturated heterocycles. The van der Waals surface area contributed by atoms with Crippen molar-refractivity contribution in [1.82, 2.24) is 29.7 Å². The SMILES string of the molecule is C=C1CCC(n2ccc3cc(N4CCC(CN5CC(c6ccc(Nc7nc(N8CCC[C@H](N9CCCC9=O)C8)cnc7C(N)=O)cc6)C5)CC4)ccc3c2=O)C(=O)N1. The molecule has 0 saturated carbocycles. The van der Waals surface area contributed by atoms with Gasteiger partial charge in [-0.3, -0.25) is 19.2 Å². The molecule has 14 nitrogen and oxygen atoms in total. The number of anilines is 4. The van der Waals surface area contributed by atoms with E-state index in [-0.39, 0.29) is 29.1 Å². The number of nitrogens with one attached hydrogen (secondary N) is 2. The lowest BCUT2D eigenvalue weighted by Crippen LogP contribution is -2.48. The van der Waals surface area contributed by atoms with Crippen molar-refractivity contribution in [3.63, 3.8) is 0 Å². The monoisotopic (exact) mass is 784 g/mol. The summed E-state index contributed by atoms with van der Waals surface area (Å²) in [6, 6.07) is 16.0. The van der Waals surface area contributed by atoms with Gasteiger partial charge in [0.15, 0.2) is 11.5 Å². The summed E-state index contributed by atoms with van der Waals surface area (Å²) in [5.41, 5.74) is 9.60. The fraction of sp³-hybridized carbons (Fsp3) is 0.455. The molecule has 3 amide bonds. The molecule has 2 atom stereocenters. The Labute approximate surface area is 338 Å². The minimum Gasteiger partial charge on any atom is -0.371 e. The molecule has 4 aromatic rings. The largest absolute Gasteiger partial charge is 0.371 e. The molecule has 0 bridgehead atoms. The van der Waals surface area contributed by atoms with Crippen LogP contribution in [0.3, 0.4) is 0 Å². The minimum absolute atomic E-state index is 0.0966. The van der Waals surface area contributed by atoms with E-state index in [1.165, 1.54) is 5.56 Å². The molecule has 9 rings (SSSR count). The fourth-order valence-electron chi connectivity index (χ4n) is 9.64. The van der Waals surface area contributed by atoms with Crippen LogP contribution in [-0.4, -0.2) is 100 Å². The molecule has 0 aliphatic carbocycles. The predicted octanol–water partition coefficient (Wildman–Crippen LogP) is 4.51. The molecular weight excluding hydrogens is 733 g/mol. The van der Waals surface area contributed by atoms with E-state index in [4.69, 9.17) is 10.7 Å². The summed E-state index contributed by atoms with van der Waals surface area (Å²) in [4.78, 5) is 69.0. The number of rotatable bonds is 10. The second kappa shape index (κ2) is 15.9. The minimum atomic E-state index is -0.640. The van der Waals surface area contributed by atoms with Gasteiger partial charge < -0.3 is 40.5 Å². The number of nitrogens with zero attached hydrogens (tertiary/aromatic N) is 7. The summed E-state index contributed by atoms with van der Waals surface area (Å²) in [7, 11) is 0. The Bertz CT molecular complexity index is 2300. The Balaban J connectivity index is 0.762. The Kier molecular flexibility index (Phi) is 10.3. The second-order valence-corrected chi connectivity index (χ2v) is 16.8. The van der Waals surface area contributed by atoms with E-state index >= 15 is 0 Å². The number of hydrogen-bond donors (Lipinski definition) is 3. The third-order valence-electron chi connectivity index (χ3n) is 12.9. The number of amides is 3. The van der Waals surface area contributed by atoms with Crippen molar-refractivity contribution >= 4 is 51.5 Å². The van der Waals surface area contributed by atoms with Gasteiger partial charge in [0.2, 0.25) is 11.8 Å². The molecule has 0 radical (unpaired) electrons. The van der Waals surface area contributed by atoms with Gasteiger partial charge in [-0.1, -0.05) is 18.7 Å². The lowest BCUT2D eigenvalue weighted by atomic mass is 9.88. The van der Waals surface area contributed by atoms with Crippen LogP contribution < -0.4 is 31.7 Å². The van der Waals surface area contributed by atoms with Crippen molar-refractivity contribution < 1.29 is 14.4 Å². The van der Waals surface area contributed by atoms with Crippen molar-refractivity contribution in [2.75, 3.05) is 67.5 Å². The zero-order valence-corrected chi connectivity index (χ0v) is 32.9. The standard InChI is InChI=1S/C44H52N10O4/c1-28-6-13-37(43(57)47-28)54-21-16-31-22-34(11-12-36(31)44(54)58)51-19-14-29(15-20-51)24-50-25-32(26-50)30-7-9-33(10-8-30)48-42-40(41(45)56)46-23-38(49-42)52-17-2-4-35(27-52)53-18-3-5-39(53)55/h7-12,16,21-23,29,32,35,37H,1-6,13-15,17-20,24-27H2,(H2,45,56)(H,47,57)(H,48,49)/t35-,37?/m0/s1. The average molecular weight is 785 g/mol. The highest BCUT2D eigenvalue weighted by Gasteiger charge is 2.34. The average Bonchev–Trinajstić information content (AvgIpc) is 3.65. The summed E-state index contributed by atoms with van der Waals surface area (Å²) >= 11 is 0. The molecular formula is C44H52N10O4. The van der Waals surface area contributed by atoms with Crippen molar-refractivity contribution in [2.45, 2.75) is 69.4 Å². The normalized spacial score (nSPS) is 22.3. The highest BCUT2D eigenvalue weighted by atomic mass is 16.2. The molecule has 0 spiro atoms. The first-order chi connectivity index (χ1) is 28.2. The van der Waals surface area contributed by atoms with Gasteiger partial charge in [0.05, 0.1) is 6.20 Å². The molecule has 2 aromatic heterocycles. The van der Waals surface area contributed by atoms with E-state index in [0.29, 0.717) is 60.4 Å². The maximum Gasteiger partial charge on any atom is 0.271 e. The first-order valence-electron chi connectivity index (χ1n) is 20.9. The molecule has 7 heterocycles. The number of carbonyl (C=O) groups excluding carboxylic acids is 3. The van der Waals surface area contributed by atoms with Gasteiger partial charge in [-0.15, -0.1) is 0 Å². The van der Waals surface area contributed by atoms with Crippen molar-refractivity contribution in [1.29, 1.82) is 0 Å². The maximum absolute atomic E-state index is 13.4. The Morgan fingerprint density at radius 3 is 2.45 bits per heavy atom. The van der Waals surface area contributed by atoms with Crippen molar-refractivity contribution in [3.8, 4) is 0 Å². The van der Waals surface area contributed by atoms with Crippen LogP contribution in [0.1, 0.15) is 79.4 Å². The van der Waals surface area contributed by atoms with Crippen LogP contribution in [-0.2, 0) is 9.59 Å². The number of carbonyl (C=O) groups is 3. The molecule has 58 heavy (non-hydrogen) atoms. The van der Waals surface area contributed by atoms with E-state index in [9.17, 15) is 19.2 Å². The van der Waals surface area contributed by atoms with Crippen LogP contribution in [0, 0.1) is 5.92 Å². The molecule has 14 heteroatoms. The molecule has 2 aromatic carbocycles. The number of primary amides is 1. The summed E-state index contributed by atoms with van der Waals surface area (Å²) in [5, 5.41) is 7.62. The number of piperidine rings is 3. The van der Waals surface area contributed by atoms with Crippen LogP contribution in [0.25, 0.3) is 10.8 Å². The molecule has 5 fully saturated rings. The van der Waals surface area contributed by atoms with Gasteiger partial charge in [0.25, 0.3) is 11.5 Å². The van der Waals surface area contributed by atoms with E-state index < -0.39 is 11.9 Å². The number of fused-ring (bicyclic) bond motifs is 1. The van der Waals surface area contributed by atoms with Gasteiger partial charge in [-0.2, -0.15) is 0 Å². The summed E-state index contributed by atoms with van der Waals surface area (Å²) in [5.74, 6) is 1.54. The first-order valence-corrected chi connectivity index (χ1v) is 20.9. The van der Waals surface area contributed by atoms with Crippen LogP contribution in [0.4, 0.5) is 23.0 Å². The summed E-state index contributed by atoms with van der Waals surface area (Å²) in [6.45, 7) is 11.3. The zero-order chi connectivity index (χ0) is 39.9. The molecule has 302 valence electrons. The predicted molar refractivity (Wildman–Crippen MR) is 224 cm³/mol. The van der Waals surface area contributed by atoms with Crippen LogP contribution >= 0.6 is 0 Å². The highest BCUT2D eigenvalue weighted by Crippen LogP contribution is 2.33.